The largest absolute Gasteiger partial charge is 0.328 e. The summed E-state index contributed by atoms with van der Waals surface area (Å²) in [5.41, 5.74) is 9.94. The highest BCUT2D eigenvalue weighted by Gasteiger charge is 2.26. The Morgan fingerprint density at radius 2 is 1.86 bits per heavy atom. The maximum Gasteiger partial charge on any atom is 0.141 e. The van der Waals surface area contributed by atoms with E-state index in [4.69, 9.17) is 4.98 Å². The lowest BCUT2D eigenvalue weighted by Crippen LogP contribution is -2.33. The summed E-state index contributed by atoms with van der Waals surface area (Å²) in [6.45, 7) is 14.8. The number of allylic oxidation sites excluding steroid dienone is 2. The molecule has 0 radical (unpaired) electrons. The maximum atomic E-state index is 14.0. The van der Waals surface area contributed by atoms with Crippen LogP contribution in [0.15, 0.2) is 102 Å². The van der Waals surface area contributed by atoms with E-state index in [2.05, 4.69) is 70.6 Å². The fraction of sp³-hybridized carbons (Fsp3) is 0.306. The number of fused-ring (bicyclic) bond motifs is 1. The molecule has 42 heavy (non-hydrogen) atoms. The Bertz CT molecular complexity index is 1670. The third kappa shape index (κ3) is 6.84. The summed E-state index contributed by atoms with van der Waals surface area (Å²) in [5.74, 6) is 0.908. The molecule has 1 aliphatic heterocycles. The van der Waals surface area contributed by atoms with Gasteiger partial charge in [-0.1, -0.05) is 61.4 Å². The van der Waals surface area contributed by atoms with Crippen molar-refractivity contribution < 1.29 is 8.78 Å². The lowest BCUT2D eigenvalue weighted by molar-refractivity contribution is 0.200. The molecule has 0 bridgehead atoms. The smallest absolute Gasteiger partial charge is 0.141 e. The average Bonchev–Trinajstić information content (AvgIpc) is 3.35. The molecule has 4 aromatic rings. The van der Waals surface area contributed by atoms with E-state index < -0.39 is 0 Å². The van der Waals surface area contributed by atoms with Gasteiger partial charge in [0.1, 0.15) is 17.5 Å². The number of aromatic nitrogens is 2. The van der Waals surface area contributed by atoms with Crippen molar-refractivity contribution >= 4 is 16.7 Å². The van der Waals surface area contributed by atoms with Gasteiger partial charge in [0.05, 0.1) is 16.7 Å². The molecule has 5 rings (SSSR count). The molecular weight excluding hydrogens is 526 g/mol. The molecule has 0 N–H and O–H groups in total. The standard InChI is InChI=1S/C36H38F2N4/c1-5-30(37)12-9-19-42-34-14-7-6-13-33(34)40-36(42)28-17-20-41(21-18-28)24-27-15-16-32(26(4)22-27)35(39-25(2)3)29-10-8-11-31(38)23-29/h6-8,10-11,13-16,22-23,28H,1-2,9,12,17-21,24H2,3-4H3. The van der Waals surface area contributed by atoms with Crippen LogP contribution in [0.4, 0.5) is 8.78 Å². The van der Waals surface area contributed by atoms with Crippen molar-refractivity contribution in [3.63, 3.8) is 0 Å². The van der Waals surface area contributed by atoms with Crippen molar-refractivity contribution in [1.82, 2.24) is 14.5 Å². The Balaban J connectivity index is 1.28. The van der Waals surface area contributed by atoms with Crippen molar-refractivity contribution in [2.75, 3.05) is 13.1 Å². The Morgan fingerprint density at radius 3 is 2.57 bits per heavy atom. The second kappa shape index (κ2) is 13.2. The van der Waals surface area contributed by atoms with Gasteiger partial charge >= 0.3 is 0 Å². The van der Waals surface area contributed by atoms with Gasteiger partial charge in [0.2, 0.25) is 0 Å². The SMILES string of the molecule is C=C=C(F)CCCn1c(C2CCN(Cc3ccc(C(=NC(=C)C)c4cccc(F)c4)c(C)c3)CC2)nc2ccccc21. The number of aryl methyl sites for hydroxylation is 2. The highest BCUT2D eigenvalue weighted by atomic mass is 19.1. The first-order valence-corrected chi connectivity index (χ1v) is 14.6. The number of para-hydroxylation sites is 2. The molecule has 0 amide bonds. The number of aliphatic imine (C=N–C) groups is 1. The van der Waals surface area contributed by atoms with Crippen LogP contribution in [0.1, 0.15) is 66.6 Å². The molecule has 1 saturated heterocycles. The third-order valence-electron chi connectivity index (χ3n) is 7.96. The molecule has 3 aromatic carbocycles. The van der Waals surface area contributed by atoms with E-state index >= 15 is 0 Å². The van der Waals surface area contributed by atoms with Crippen LogP contribution in [0.2, 0.25) is 0 Å². The van der Waals surface area contributed by atoms with Crippen molar-refractivity contribution in [1.29, 1.82) is 0 Å². The second-order valence-corrected chi connectivity index (χ2v) is 11.2. The van der Waals surface area contributed by atoms with Crippen molar-refractivity contribution in [2.45, 2.75) is 58.5 Å². The number of halogens is 2. The molecule has 1 aliphatic rings. The van der Waals surface area contributed by atoms with Crippen molar-refractivity contribution in [3.05, 3.63) is 131 Å². The van der Waals surface area contributed by atoms with E-state index in [1.54, 1.807) is 6.07 Å². The van der Waals surface area contributed by atoms with E-state index in [9.17, 15) is 8.78 Å². The minimum atomic E-state index is -0.286. The predicted octanol–water partition coefficient (Wildman–Crippen LogP) is 8.65. The highest BCUT2D eigenvalue weighted by molar-refractivity contribution is 6.14. The van der Waals surface area contributed by atoms with Crippen LogP contribution in [-0.2, 0) is 13.1 Å². The Labute approximate surface area is 247 Å². The van der Waals surface area contributed by atoms with Crippen LogP contribution in [0.3, 0.4) is 0 Å². The number of imidazole rings is 1. The summed E-state index contributed by atoms with van der Waals surface area (Å²) in [5, 5.41) is 0. The van der Waals surface area contributed by atoms with E-state index in [1.807, 2.05) is 25.1 Å². The summed E-state index contributed by atoms with van der Waals surface area (Å²) in [6, 6.07) is 21.2. The topological polar surface area (TPSA) is 33.4 Å². The minimum absolute atomic E-state index is 0.283. The van der Waals surface area contributed by atoms with Crippen molar-refractivity contribution in [3.8, 4) is 0 Å². The molecule has 0 saturated carbocycles. The van der Waals surface area contributed by atoms with Gasteiger partial charge in [0.15, 0.2) is 0 Å². The number of benzene rings is 3. The normalized spacial score (nSPS) is 14.7. The first kappa shape index (κ1) is 29.4. The van der Waals surface area contributed by atoms with Gasteiger partial charge in [-0.2, -0.15) is 0 Å². The zero-order chi connectivity index (χ0) is 29.6. The molecule has 1 fully saturated rings. The Hall–Kier alpha value is -4.12. The first-order valence-electron chi connectivity index (χ1n) is 14.6. The fourth-order valence-corrected chi connectivity index (χ4v) is 5.93. The molecule has 4 nitrogen and oxygen atoms in total. The van der Waals surface area contributed by atoms with Gasteiger partial charge in [-0.05, 0) is 81.6 Å². The van der Waals surface area contributed by atoms with Crippen molar-refractivity contribution in [2.24, 2.45) is 4.99 Å². The lowest BCUT2D eigenvalue weighted by atomic mass is 9.94. The summed E-state index contributed by atoms with van der Waals surface area (Å²) in [4.78, 5) is 12.2. The number of rotatable bonds is 10. The summed E-state index contributed by atoms with van der Waals surface area (Å²) in [7, 11) is 0. The zero-order valence-corrected chi connectivity index (χ0v) is 24.5. The average molecular weight is 565 g/mol. The van der Waals surface area contributed by atoms with Crippen LogP contribution >= 0.6 is 0 Å². The lowest BCUT2D eigenvalue weighted by Gasteiger charge is -2.32. The molecule has 216 valence electrons. The van der Waals surface area contributed by atoms with E-state index in [0.29, 0.717) is 24.5 Å². The van der Waals surface area contributed by atoms with Gasteiger partial charge in [-0.3, -0.25) is 9.89 Å². The monoisotopic (exact) mass is 564 g/mol. The number of likely N-dealkylation sites (tertiary alicyclic amines) is 1. The fourth-order valence-electron chi connectivity index (χ4n) is 5.93. The van der Waals surface area contributed by atoms with Gasteiger partial charge in [-0.25, -0.2) is 13.8 Å². The van der Waals surface area contributed by atoms with Crippen LogP contribution in [-0.4, -0.2) is 33.3 Å². The highest BCUT2D eigenvalue weighted by Crippen LogP contribution is 2.31. The molecular formula is C36H38F2N4. The number of piperidine rings is 1. The molecule has 2 heterocycles. The number of hydrogen-bond acceptors (Lipinski definition) is 3. The van der Waals surface area contributed by atoms with Crippen LogP contribution < -0.4 is 0 Å². The quantitative estimate of drug-likeness (QED) is 0.143. The van der Waals surface area contributed by atoms with Crippen LogP contribution in [0.25, 0.3) is 11.0 Å². The van der Waals surface area contributed by atoms with Gasteiger partial charge in [-0.15, -0.1) is 0 Å². The van der Waals surface area contributed by atoms with Crippen LogP contribution in [0, 0.1) is 12.7 Å². The van der Waals surface area contributed by atoms with Gasteiger partial charge in [0, 0.05) is 42.3 Å². The van der Waals surface area contributed by atoms with Gasteiger partial charge < -0.3 is 4.57 Å². The molecule has 0 atom stereocenters. The van der Waals surface area contributed by atoms with E-state index in [-0.39, 0.29) is 11.6 Å². The summed E-state index contributed by atoms with van der Waals surface area (Å²) >= 11 is 0. The van der Waals surface area contributed by atoms with E-state index in [1.165, 1.54) is 17.7 Å². The van der Waals surface area contributed by atoms with E-state index in [0.717, 1.165) is 78.3 Å². The van der Waals surface area contributed by atoms with Gasteiger partial charge in [0.25, 0.3) is 0 Å². The third-order valence-corrected chi connectivity index (χ3v) is 7.96. The molecule has 0 spiro atoms. The number of hydrogen-bond donors (Lipinski definition) is 0. The molecule has 1 aromatic heterocycles. The molecule has 0 unspecified atom stereocenters. The van der Waals surface area contributed by atoms with Crippen LogP contribution in [0.5, 0.6) is 0 Å². The summed E-state index contributed by atoms with van der Waals surface area (Å²) in [6.07, 6.45) is 3.08. The number of nitrogens with zero attached hydrogens (tertiary/aromatic N) is 4. The predicted molar refractivity (Wildman–Crippen MR) is 168 cm³/mol. The minimum Gasteiger partial charge on any atom is -0.328 e. The Morgan fingerprint density at radius 1 is 1.07 bits per heavy atom. The Kier molecular flexibility index (Phi) is 9.26. The second-order valence-electron chi connectivity index (χ2n) is 11.2. The zero-order valence-electron chi connectivity index (χ0n) is 24.5. The molecule has 0 aliphatic carbocycles. The summed E-state index contributed by atoms with van der Waals surface area (Å²) < 4.78 is 30.0. The molecule has 6 heteroatoms. The first-order chi connectivity index (χ1) is 20.3. The maximum absolute atomic E-state index is 14.0.